The number of anilines is 1. The van der Waals surface area contributed by atoms with Crippen LogP contribution in [-0.2, 0) is 4.79 Å². The minimum absolute atomic E-state index is 0. The first-order valence-corrected chi connectivity index (χ1v) is 7.77. The largest absolute Gasteiger partial charge is 0.493 e. The molecule has 0 saturated carbocycles. The molecule has 1 aromatic rings. The zero-order chi connectivity index (χ0) is 17.1. The lowest BCUT2D eigenvalue weighted by atomic mass is 10.2. The number of methoxy groups -OCH3 is 1. The molecule has 24 heavy (non-hydrogen) atoms. The number of hydrogen-bond donors (Lipinski definition) is 3. The molecular weight excluding hydrogens is 423 g/mol. The van der Waals surface area contributed by atoms with E-state index in [1.807, 2.05) is 39.0 Å². The zero-order valence-electron chi connectivity index (χ0n) is 14.6. The van der Waals surface area contributed by atoms with Gasteiger partial charge in [0.25, 0.3) is 0 Å². The molecule has 0 radical (unpaired) electrons. The Kier molecular flexibility index (Phi) is 11.8. The van der Waals surface area contributed by atoms with Gasteiger partial charge in [0, 0.05) is 24.8 Å². The number of likely N-dealkylation sites (N-methyl/N-ethyl adjacent to an activating group) is 1. The predicted molar refractivity (Wildman–Crippen MR) is 108 cm³/mol. The lowest BCUT2D eigenvalue weighted by Crippen LogP contribution is -2.33. The maximum atomic E-state index is 11.5. The maximum absolute atomic E-state index is 11.5. The monoisotopic (exact) mass is 450 g/mol. The van der Waals surface area contributed by atoms with E-state index in [4.69, 9.17) is 9.47 Å². The van der Waals surface area contributed by atoms with Crippen LogP contribution in [0.25, 0.3) is 0 Å². The van der Waals surface area contributed by atoms with E-state index in [-0.39, 0.29) is 36.4 Å². The fraction of sp³-hybridized carbons (Fsp3) is 0.500. The lowest BCUT2D eigenvalue weighted by molar-refractivity contribution is -0.119. The highest BCUT2D eigenvalue weighted by Crippen LogP contribution is 2.30. The van der Waals surface area contributed by atoms with Gasteiger partial charge in [-0.2, -0.15) is 0 Å². The first-order chi connectivity index (χ1) is 11.1. The fourth-order valence-corrected chi connectivity index (χ4v) is 1.87. The molecule has 0 atom stereocenters. The van der Waals surface area contributed by atoms with Crippen LogP contribution in [0.4, 0.5) is 5.69 Å². The molecule has 0 spiro atoms. The Morgan fingerprint density at radius 3 is 2.42 bits per heavy atom. The summed E-state index contributed by atoms with van der Waals surface area (Å²) in [6.07, 6.45) is 0. The van der Waals surface area contributed by atoms with Gasteiger partial charge in [0.15, 0.2) is 17.5 Å². The van der Waals surface area contributed by atoms with E-state index in [1.165, 1.54) is 0 Å². The summed E-state index contributed by atoms with van der Waals surface area (Å²) >= 11 is 0. The maximum Gasteiger partial charge on any atom is 0.241 e. The molecule has 3 N–H and O–H groups in total. The highest BCUT2D eigenvalue weighted by atomic mass is 127. The van der Waals surface area contributed by atoms with E-state index >= 15 is 0 Å². The normalized spacial score (nSPS) is 10.4. The molecule has 0 fully saturated rings. The summed E-state index contributed by atoms with van der Waals surface area (Å²) in [7, 11) is 1.59. The van der Waals surface area contributed by atoms with Crippen LogP contribution in [0.2, 0.25) is 0 Å². The highest BCUT2D eigenvalue weighted by Gasteiger charge is 2.07. The van der Waals surface area contributed by atoms with Crippen LogP contribution in [0.1, 0.15) is 20.8 Å². The third-order valence-corrected chi connectivity index (χ3v) is 2.83. The number of guanidine groups is 1. The molecule has 0 saturated heterocycles. The number of carbonyl (C=O) groups is 1. The van der Waals surface area contributed by atoms with Crippen molar-refractivity contribution in [3.8, 4) is 11.5 Å². The summed E-state index contributed by atoms with van der Waals surface area (Å²) in [6, 6.07) is 5.52. The summed E-state index contributed by atoms with van der Waals surface area (Å²) in [5.41, 5.74) is 0.793. The number of rotatable bonds is 8. The Morgan fingerprint density at radius 1 is 1.12 bits per heavy atom. The van der Waals surface area contributed by atoms with Crippen molar-refractivity contribution in [2.75, 3.05) is 38.7 Å². The van der Waals surface area contributed by atoms with E-state index in [2.05, 4.69) is 20.9 Å². The quantitative estimate of drug-likeness (QED) is 0.322. The minimum Gasteiger partial charge on any atom is -0.493 e. The van der Waals surface area contributed by atoms with Gasteiger partial charge >= 0.3 is 0 Å². The van der Waals surface area contributed by atoms with Gasteiger partial charge in [-0.15, -0.1) is 24.0 Å². The molecule has 1 amide bonds. The van der Waals surface area contributed by atoms with Gasteiger partial charge in [-0.1, -0.05) is 0 Å². The van der Waals surface area contributed by atoms with Crippen LogP contribution in [0.3, 0.4) is 0 Å². The van der Waals surface area contributed by atoms with Gasteiger partial charge in [-0.25, -0.2) is 4.99 Å². The SMILES string of the molecule is CCNC(=O)CN=C(NCC)Nc1ccc(OCC)c(OC)c1.I. The Morgan fingerprint density at radius 2 is 1.83 bits per heavy atom. The van der Waals surface area contributed by atoms with Crippen LogP contribution in [0.15, 0.2) is 23.2 Å². The number of carbonyl (C=O) groups excluding carboxylic acids is 1. The zero-order valence-corrected chi connectivity index (χ0v) is 17.0. The van der Waals surface area contributed by atoms with Crippen molar-refractivity contribution >= 4 is 41.5 Å². The second-order valence-corrected chi connectivity index (χ2v) is 4.57. The Bertz CT molecular complexity index is 538. The predicted octanol–water partition coefficient (Wildman–Crippen LogP) is 2.23. The first kappa shape index (κ1) is 22.3. The summed E-state index contributed by atoms with van der Waals surface area (Å²) < 4.78 is 10.8. The van der Waals surface area contributed by atoms with Crippen LogP contribution in [0.5, 0.6) is 11.5 Å². The van der Waals surface area contributed by atoms with Crippen molar-refractivity contribution in [2.24, 2.45) is 4.99 Å². The van der Waals surface area contributed by atoms with E-state index in [0.29, 0.717) is 37.2 Å². The molecule has 0 heterocycles. The summed E-state index contributed by atoms with van der Waals surface area (Å²) in [6.45, 7) is 7.67. The van der Waals surface area contributed by atoms with Crippen LogP contribution in [0, 0.1) is 0 Å². The van der Waals surface area contributed by atoms with Gasteiger partial charge < -0.3 is 25.4 Å². The molecule has 0 bridgehead atoms. The number of nitrogens with zero attached hydrogens (tertiary/aromatic N) is 1. The van der Waals surface area contributed by atoms with E-state index in [0.717, 1.165) is 5.69 Å². The van der Waals surface area contributed by atoms with Crippen LogP contribution in [-0.4, -0.2) is 45.2 Å². The standard InChI is InChI=1S/C16H26N4O3.HI/c1-5-17-15(21)11-19-16(18-6-2)20-12-8-9-13(23-7-3)14(10-12)22-4;/h8-10H,5-7,11H2,1-4H3,(H,17,21)(H2,18,19,20);1H. The average molecular weight is 450 g/mol. The molecule has 0 unspecified atom stereocenters. The van der Waals surface area contributed by atoms with E-state index < -0.39 is 0 Å². The van der Waals surface area contributed by atoms with Crippen molar-refractivity contribution in [3.63, 3.8) is 0 Å². The third kappa shape index (κ3) is 7.71. The number of ether oxygens (including phenoxy) is 2. The molecule has 0 aliphatic rings. The molecule has 1 rings (SSSR count). The minimum atomic E-state index is -0.117. The topological polar surface area (TPSA) is 84.0 Å². The number of hydrogen-bond acceptors (Lipinski definition) is 4. The number of amides is 1. The molecule has 1 aromatic carbocycles. The lowest BCUT2D eigenvalue weighted by Gasteiger charge is -2.14. The van der Waals surface area contributed by atoms with Gasteiger partial charge in [0.05, 0.1) is 13.7 Å². The van der Waals surface area contributed by atoms with Gasteiger partial charge in [-0.05, 0) is 32.9 Å². The number of benzene rings is 1. The molecule has 0 aromatic heterocycles. The van der Waals surface area contributed by atoms with Crippen molar-refractivity contribution in [3.05, 3.63) is 18.2 Å². The van der Waals surface area contributed by atoms with Crippen molar-refractivity contribution in [1.29, 1.82) is 0 Å². The molecule has 0 aliphatic carbocycles. The number of nitrogens with one attached hydrogen (secondary N) is 3. The highest BCUT2D eigenvalue weighted by molar-refractivity contribution is 14.0. The second kappa shape index (κ2) is 12.7. The first-order valence-electron chi connectivity index (χ1n) is 7.77. The molecule has 136 valence electrons. The van der Waals surface area contributed by atoms with E-state index in [1.54, 1.807) is 7.11 Å². The van der Waals surface area contributed by atoms with E-state index in [9.17, 15) is 4.79 Å². The van der Waals surface area contributed by atoms with Crippen LogP contribution >= 0.6 is 24.0 Å². The Labute approximate surface area is 160 Å². The Balaban J connectivity index is 0.00000529. The van der Waals surface area contributed by atoms with Crippen molar-refractivity contribution in [2.45, 2.75) is 20.8 Å². The molecule has 8 heteroatoms. The average Bonchev–Trinajstić information content (AvgIpc) is 2.54. The number of halogens is 1. The van der Waals surface area contributed by atoms with Crippen molar-refractivity contribution in [1.82, 2.24) is 10.6 Å². The summed E-state index contributed by atoms with van der Waals surface area (Å²) in [5.74, 6) is 1.74. The van der Waals surface area contributed by atoms with Gasteiger partial charge in [0.1, 0.15) is 6.54 Å². The second-order valence-electron chi connectivity index (χ2n) is 4.57. The van der Waals surface area contributed by atoms with Gasteiger partial charge in [0.2, 0.25) is 5.91 Å². The molecular formula is C16H27IN4O3. The smallest absolute Gasteiger partial charge is 0.241 e. The summed E-state index contributed by atoms with van der Waals surface area (Å²) in [5, 5.41) is 8.95. The third-order valence-electron chi connectivity index (χ3n) is 2.83. The van der Waals surface area contributed by atoms with Crippen molar-refractivity contribution < 1.29 is 14.3 Å². The Hall–Kier alpha value is -1.71. The van der Waals surface area contributed by atoms with Crippen LogP contribution < -0.4 is 25.4 Å². The van der Waals surface area contributed by atoms with Gasteiger partial charge in [-0.3, -0.25) is 4.79 Å². The fourth-order valence-electron chi connectivity index (χ4n) is 1.87. The number of aliphatic imine (C=N–C) groups is 1. The molecule has 0 aliphatic heterocycles. The molecule has 7 nitrogen and oxygen atoms in total. The summed E-state index contributed by atoms with van der Waals surface area (Å²) in [4.78, 5) is 15.8.